The van der Waals surface area contributed by atoms with Gasteiger partial charge in [0.15, 0.2) is 5.82 Å². The second-order valence-corrected chi connectivity index (χ2v) is 5.72. The first kappa shape index (κ1) is 12.9. The Kier molecular flexibility index (Phi) is 2.88. The van der Waals surface area contributed by atoms with Gasteiger partial charge in [-0.15, -0.1) is 0 Å². The lowest BCUT2D eigenvalue weighted by Gasteiger charge is -2.37. The molecule has 0 aromatic carbocycles. The van der Waals surface area contributed by atoms with Gasteiger partial charge in [0.25, 0.3) is 0 Å². The van der Waals surface area contributed by atoms with Gasteiger partial charge in [0.2, 0.25) is 0 Å². The fraction of sp³-hybridized carbons (Fsp3) is 0.500. The van der Waals surface area contributed by atoms with Crippen molar-refractivity contribution in [1.82, 2.24) is 14.6 Å². The number of carbonyl (C=O) groups is 1. The van der Waals surface area contributed by atoms with Crippen LogP contribution in [0, 0.1) is 12.3 Å². The monoisotopic (exact) mass is 274 g/mol. The molecular weight excluding hydrogens is 256 g/mol. The number of rotatable bonds is 2. The molecule has 0 bridgehead atoms. The van der Waals surface area contributed by atoms with E-state index < -0.39 is 11.4 Å². The number of carboxylic acid groups (broad SMARTS) is 1. The van der Waals surface area contributed by atoms with E-state index in [0.29, 0.717) is 25.9 Å². The SMILES string of the molecule is Cc1cc2c(N3CCC(C)(C(=O)O)CC3)nccn2n1. The van der Waals surface area contributed by atoms with Gasteiger partial charge in [-0.1, -0.05) is 0 Å². The minimum atomic E-state index is -0.705. The van der Waals surface area contributed by atoms with E-state index in [0.717, 1.165) is 17.0 Å². The third-order valence-corrected chi connectivity index (χ3v) is 4.17. The first-order chi connectivity index (χ1) is 9.49. The predicted octanol–water partition coefficient (Wildman–Crippen LogP) is 1.73. The maximum atomic E-state index is 11.3. The van der Waals surface area contributed by atoms with Crippen LogP contribution in [-0.2, 0) is 4.79 Å². The molecule has 0 spiro atoms. The second-order valence-electron chi connectivity index (χ2n) is 5.72. The van der Waals surface area contributed by atoms with Gasteiger partial charge < -0.3 is 10.0 Å². The van der Waals surface area contributed by atoms with E-state index >= 15 is 0 Å². The molecule has 20 heavy (non-hydrogen) atoms. The maximum absolute atomic E-state index is 11.3. The zero-order chi connectivity index (χ0) is 14.3. The van der Waals surface area contributed by atoms with Gasteiger partial charge in [-0.3, -0.25) is 4.79 Å². The zero-order valence-corrected chi connectivity index (χ0v) is 11.7. The maximum Gasteiger partial charge on any atom is 0.309 e. The highest BCUT2D eigenvalue weighted by Gasteiger charge is 2.37. The minimum Gasteiger partial charge on any atom is -0.481 e. The summed E-state index contributed by atoms with van der Waals surface area (Å²) in [5, 5.41) is 13.7. The van der Waals surface area contributed by atoms with Crippen LogP contribution in [0.3, 0.4) is 0 Å². The number of nitrogens with zero attached hydrogens (tertiary/aromatic N) is 4. The number of aromatic nitrogens is 3. The smallest absolute Gasteiger partial charge is 0.309 e. The van der Waals surface area contributed by atoms with Gasteiger partial charge in [-0.25, -0.2) is 9.50 Å². The van der Waals surface area contributed by atoms with Crippen LogP contribution in [0.5, 0.6) is 0 Å². The summed E-state index contributed by atoms with van der Waals surface area (Å²) in [5.41, 5.74) is 1.31. The summed E-state index contributed by atoms with van der Waals surface area (Å²) in [4.78, 5) is 17.9. The van der Waals surface area contributed by atoms with Crippen molar-refractivity contribution in [3.8, 4) is 0 Å². The topological polar surface area (TPSA) is 70.7 Å². The fourth-order valence-corrected chi connectivity index (χ4v) is 2.70. The molecule has 2 aromatic rings. The van der Waals surface area contributed by atoms with Crippen molar-refractivity contribution in [3.63, 3.8) is 0 Å². The average molecular weight is 274 g/mol. The molecule has 106 valence electrons. The van der Waals surface area contributed by atoms with Gasteiger partial charge in [-0.05, 0) is 32.8 Å². The van der Waals surface area contributed by atoms with E-state index in [4.69, 9.17) is 0 Å². The molecule has 0 aliphatic carbocycles. The third kappa shape index (κ3) is 2.01. The van der Waals surface area contributed by atoms with Gasteiger partial charge >= 0.3 is 5.97 Å². The predicted molar refractivity (Wildman–Crippen MR) is 74.9 cm³/mol. The summed E-state index contributed by atoms with van der Waals surface area (Å²) in [6, 6.07) is 2.01. The van der Waals surface area contributed by atoms with Crippen LogP contribution >= 0.6 is 0 Å². The van der Waals surface area contributed by atoms with Crippen molar-refractivity contribution in [2.75, 3.05) is 18.0 Å². The minimum absolute atomic E-state index is 0.613. The molecule has 1 saturated heterocycles. The Labute approximate surface area is 117 Å². The number of hydrogen-bond acceptors (Lipinski definition) is 4. The van der Waals surface area contributed by atoms with Crippen molar-refractivity contribution in [2.24, 2.45) is 5.41 Å². The Bertz CT molecular complexity index is 656. The molecule has 1 aliphatic heterocycles. The highest BCUT2D eigenvalue weighted by Crippen LogP contribution is 2.33. The second kappa shape index (κ2) is 4.47. The lowest BCUT2D eigenvalue weighted by atomic mass is 9.80. The van der Waals surface area contributed by atoms with Crippen LogP contribution in [-0.4, -0.2) is 38.8 Å². The standard InChI is InChI=1S/C14H18N4O2/c1-10-9-11-12(15-5-8-18(11)16-10)17-6-3-14(2,4-7-17)13(19)20/h5,8-9H,3-4,6-7H2,1-2H3,(H,19,20). The van der Waals surface area contributed by atoms with Crippen LogP contribution in [0.2, 0.25) is 0 Å². The normalized spacial score (nSPS) is 18.4. The zero-order valence-electron chi connectivity index (χ0n) is 11.7. The van der Waals surface area contributed by atoms with E-state index in [-0.39, 0.29) is 0 Å². The number of carboxylic acids is 1. The third-order valence-electron chi connectivity index (χ3n) is 4.17. The van der Waals surface area contributed by atoms with E-state index in [2.05, 4.69) is 15.0 Å². The number of piperidine rings is 1. The summed E-state index contributed by atoms with van der Waals surface area (Å²) >= 11 is 0. The Morgan fingerprint density at radius 1 is 1.40 bits per heavy atom. The molecule has 2 aromatic heterocycles. The summed E-state index contributed by atoms with van der Waals surface area (Å²) in [7, 11) is 0. The van der Waals surface area contributed by atoms with Crippen LogP contribution in [0.1, 0.15) is 25.5 Å². The molecular formula is C14H18N4O2. The van der Waals surface area contributed by atoms with Crippen LogP contribution in [0.25, 0.3) is 5.52 Å². The number of hydrogen-bond donors (Lipinski definition) is 1. The molecule has 1 aliphatic rings. The summed E-state index contributed by atoms with van der Waals surface area (Å²) in [5.74, 6) is 0.184. The average Bonchev–Trinajstić information content (AvgIpc) is 2.79. The molecule has 0 unspecified atom stereocenters. The number of aliphatic carboxylic acids is 1. The summed E-state index contributed by atoms with van der Waals surface area (Å²) < 4.78 is 1.82. The molecule has 0 atom stereocenters. The first-order valence-electron chi connectivity index (χ1n) is 6.79. The fourth-order valence-electron chi connectivity index (χ4n) is 2.70. The first-order valence-corrected chi connectivity index (χ1v) is 6.79. The van der Waals surface area contributed by atoms with E-state index in [1.54, 1.807) is 6.20 Å². The summed E-state index contributed by atoms with van der Waals surface area (Å²) in [6.07, 6.45) is 4.84. The van der Waals surface area contributed by atoms with Crippen molar-refractivity contribution < 1.29 is 9.90 Å². The molecule has 0 amide bonds. The van der Waals surface area contributed by atoms with E-state index in [9.17, 15) is 9.90 Å². The van der Waals surface area contributed by atoms with Crippen molar-refractivity contribution in [3.05, 3.63) is 24.2 Å². The number of fused-ring (bicyclic) bond motifs is 1. The van der Waals surface area contributed by atoms with E-state index in [1.807, 2.05) is 30.6 Å². The van der Waals surface area contributed by atoms with Gasteiger partial charge in [0.05, 0.1) is 11.1 Å². The molecule has 1 N–H and O–H groups in total. The molecule has 0 saturated carbocycles. The van der Waals surface area contributed by atoms with E-state index in [1.165, 1.54) is 0 Å². The molecule has 6 nitrogen and oxygen atoms in total. The molecule has 0 radical (unpaired) electrons. The number of anilines is 1. The molecule has 1 fully saturated rings. The van der Waals surface area contributed by atoms with Crippen molar-refractivity contribution >= 4 is 17.3 Å². The van der Waals surface area contributed by atoms with Crippen molar-refractivity contribution in [2.45, 2.75) is 26.7 Å². The van der Waals surface area contributed by atoms with Gasteiger partial charge in [0.1, 0.15) is 5.52 Å². The highest BCUT2D eigenvalue weighted by atomic mass is 16.4. The summed E-state index contributed by atoms with van der Waals surface area (Å²) in [6.45, 7) is 5.19. The molecule has 3 rings (SSSR count). The number of aryl methyl sites for hydroxylation is 1. The lowest BCUT2D eigenvalue weighted by molar-refractivity contribution is -0.149. The van der Waals surface area contributed by atoms with Crippen LogP contribution < -0.4 is 4.90 Å². The molecule has 6 heteroatoms. The Morgan fingerprint density at radius 3 is 2.75 bits per heavy atom. The van der Waals surface area contributed by atoms with Crippen molar-refractivity contribution in [1.29, 1.82) is 0 Å². The Morgan fingerprint density at radius 2 is 2.10 bits per heavy atom. The quantitative estimate of drug-likeness (QED) is 0.903. The van der Waals surface area contributed by atoms with Gasteiger partial charge in [0, 0.05) is 25.5 Å². The highest BCUT2D eigenvalue weighted by molar-refractivity contribution is 5.75. The lowest BCUT2D eigenvalue weighted by Crippen LogP contribution is -2.43. The largest absolute Gasteiger partial charge is 0.481 e. The van der Waals surface area contributed by atoms with Crippen LogP contribution in [0.4, 0.5) is 5.82 Å². The Balaban J connectivity index is 1.89. The molecule has 3 heterocycles. The Hall–Kier alpha value is -2.11. The van der Waals surface area contributed by atoms with Crippen LogP contribution in [0.15, 0.2) is 18.5 Å². The van der Waals surface area contributed by atoms with Gasteiger partial charge in [-0.2, -0.15) is 5.10 Å².